The standard InChI is InChI=1S/C24H23F3O5/c1-23(2,22(29)30)12-15-3-9-19(10-4-15)31-14-21-17(13-28)11-20(32-21)16-5-7-18(8-6-16)24(25,26)27/h3-11,28H,12-14H2,1-2H3,(H,29,30). The fourth-order valence-corrected chi connectivity index (χ4v) is 3.13. The Kier molecular flexibility index (Phi) is 6.64. The largest absolute Gasteiger partial charge is 0.486 e. The molecule has 1 heterocycles. The third kappa shape index (κ3) is 5.50. The van der Waals surface area contributed by atoms with Crippen LogP contribution in [0.4, 0.5) is 13.2 Å². The zero-order valence-electron chi connectivity index (χ0n) is 17.6. The average Bonchev–Trinajstić information content (AvgIpc) is 3.16. The van der Waals surface area contributed by atoms with Crippen LogP contribution < -0.4 is 4.74 Å². The van der Waals surface area contributed by atoms with Crippen LogP contribution in [0.25, 0.3) is 11.3 Å². The molecular weight excluding hydrogens is 425 g/mol. The summed E-state index contributed by atoms with van der Waals surface area (Å²) in [5.41, 5.74) is 0.128. The summed E-state index contributed by atoms with van der Waals surface area (Å²) in [5, 5.41) is 18.8. The lowest BCUT2D eigenvalue weighted by Gasteiger charge is -2.19. The quantitative estimate of drug-likeness (QED) is 0.463. The molecule has 0 bridgehead atoms. The van der Waals surface area contributed by atoms with E-state index in [1.807, 2.05) is 0 Å². The minimum absolute atomic E-state index is 0.0104. The molecule has 0 atom stereocenters. The molecule has 0 unspecified atom stereocenters. The topological polar surface area (TPSA) is 79.9 Å². The van der Waals surface area contributed by atoms with Gasteiger partial charge in [0, 0.05) is 11.1 Å². The first-order valence-electron chi connectivity index (χ1n) is 9.85. The summed E-state index contributed by atoms with van der Waals surface area (Å²) in [6, 6.07) is 13.1. The number of carboxylic acid groups (broad SMARTS) is 1. The van der Waals surface area contributed by atoms with E-state index < -0.39 is 23.1 Å². The van der Waals surface area contributed by atoms with Crippen molar-refractivity contribution in [3.8, 4) is 17.1 Å². The zero-order valence-corrected chi connectivity index (χ0v) is 17.6. The van der Waals surface area contributed by atoms with Crippen molar-refractivity contribution in [2.75, 3.05) is 0 Å². The summed E-state index contributed by atoms with van der Waals surface area (Å²) in [6.45, 7) is 3.01. The molecule has 0 saturated carbocycles. The Morgan fingerprint density at radius 1 is 1.03 bits per heavy atom. The third-order valence-electron chi connectivity index (χ3n) is 5.08. The maximum Gasteiger partial charge on any atom is 0.416 e. The monoisotopic (exact) mass is 448 g/mol. The number of ether oxygens (including phenoxy) is 1. The lowest BCUT2D eigenvalue weighted by Crippen LogP contribution is -2.26. The number of benzene rings is 2. The minimum Gasteiger partial charge on any atom is -0.486 e. The summed E-state index contributed by atoms with van der Waals surface area (Å²) >= 11 is 0. The summed E-state index contributed by atoms with van der Waals surface area (Å²) in [4.78, 5) is 11.3. The van der Waals surface area contributed by atoms with Gasteiger partial charge in [0.1, 0.15) is 23.9 Å². The van der Waals surface area contributed by atoms with E-state index in [9.17, 15) is 28.2 Å². The Morgan fingerprint density at radius 3 is 2.19 bits per heavy atom. The number of aliphatic carboxylic acids is 1. The molecule has 2 N–H and O–H groups in total. The van der Waals surface area contributed by atoms with Gasteiger partial charge in [0.2, 0.25) is 0 Å². The number of alkyl halides is 3. The van der Waals surface area contributed by atoms with Crippen LogP contribution in [0.15, 0.2) is 59.0 Å². The van der Waals surface area contributed by atoms with Crippen LogP contribution in [-0.4, -0.2) is 16.2 Å². The van der Waals surface area contributed by atoms with Crippen LogP contribution in [0.1, 0.15) is 36.3 Å². The Balaban J connectivity index is 1.69. The van der Waals surface area contributed by atoms with E-state index in [0.29, 0.717) is 34.8 Å². The van der Waals surface area contributed by atoms with Crippen molar-refractivity contribution in [2.24, 2.45) is 5.41 Å². The molecule has 5 nitrogen and oxygen atoms in total. The number of rotatable bonds is 8. The van der Waals surface area contributed by atoms with Crippen molar-refractivity contribution < 1.29 is 37.3 Å². The molecule has 0 amide bonds. The van der Waals surface area contributed by atoms with E-state index in [1.54, 1.807) is 44.2 Å². The molecule has 3 aromatic rings. The highest BCUT2D eigenvalue weighted by Crippen LogP contribution is 2.32. The van der Waals surface area contributed by atoms with Crippen molar-refractivity contribution in [1.29, 1.82) is 0 Å². The number of aliphatic hydroxyl groups excluding tert-OH is 1. The fourth-order valence-electron chi connectivity index (χ4n) is 3.13. The first-order valence-corrected chi connectivity index (χ1v) is 9.85. The fraction of sp³-hybridized carbons (Fsp3) is 0.292. The average molecular weight is 448 g/mol. The zero-order chi connectivity index (χ0) is 23.5. The molecule has 0 aliphatic carbocycles. The maximum absolute atomic E-state index is 12.7. The van der Waals surface area contributed by atoms with E-state index in [4.69, 9.17) is 9.15 Å². The Hall–Kier alpha value is -3.26. The number of halogens is 3. The lowest BCUT2D eigenvalue weighted by atomic mass is 9.86. The molecular formula is C24H23F3O5. The van der Waals surface area contributed by atoms with Crippen molar-refractivity contribution in [1.82, 2.24) is 0 Å². The Morgan fingerprint density at radius 2 is 1.66 bits per heavy atom. The number of carbonyl (C=O) groups is 1. The van der Waals surface area contributed by atoms with Crippen LogP contribution >= 0.6 is 0 Å². The molecule has 0 aliphatic heterocycles. The van der Waals surface area contributed by atoms with Gasteiger partial charge in [-0.25, -0.2) is 0 Å². The van der Waals surface area contributed by atoms with Gasteiger partial charge in [-0.05, 0) is 56.2 Å². The second kappa shape index (κ2) is 9.08. The predicted octanol–water partition coefficient (Wildman–Crippen LogP) is 5.69. The van der Waals surface area contributed by atoms with Gasteiger partial charge in [-0.15, -0.1) is 0 Å². The second-order valence-corrected chi connectivity index (χ2v) is 8.09. The second-order valence-electron chi connectivity index (χ2n) is 8.09. The van der Waals surface area contributed by atoms with Gasteiger partial charge in [0.05, 0.1) is 17.6 Å². The molecule has 1 aromatic heterocycles. The number of furan rings is 1. The molecule has 3 rings (SSSR count). The van der Waals surface area contributed by atoms with Crippen LogP contribution in [0.5, 0.6) is 5.75 Å². The Bertz CT molecular complexity index is 1060. The van der Waals surface area contributed by atoms with Crippen LogP contribution in [0.3, 0.4) is 0 Å². The van der Waals surface area contributed by atoms with Crippen molar-refractivity contribution >= 4 is 5.97 Å². The van der Waals surface area contributed by atoms with Crippen molar-refractivity contribution in [3.63, 3.8) is 0 Å². The highest BCUT2D eigenvalue weighted by atomic mass is 19.4. The van der Waals surface area contributed by atoms with Crippen LogP contribution in [0.2, 0.25) is 0 Å². The van der Waals surface area contributed by atoms with E-state index in [1.165, 1.54) is 12.1 Å². The SMILES string of the molecule is CC(C)(Cc1ccc(OCc2oc(-c3ccc(C(F)(F)F)cc3)cc2CO)cc1)C(=O)O. The van der Waals surface area contributed by atoms with E-state index in [-0.39, 0.29) is 13.2 Å². The molecule has 2 aromatic carbocycles. The summed E-state index contributed by atoms with van der Waals surface area (Å²) in [7, 11) is 0. The number of carboxylic acids is 1. The van der Waals surface area contributed by atoms with Gasteiger partial charge in [-0.2, -0.15) is 13.2 Å². The molecule has 32 heavy (non-hydrogen) atoms. The smallest absolute Gasteiger partial charge is 0.416 e. The van der Waals surface area contributed by atoms with Gasteiger partial charge in [-0.1, -0.05) is 24.3 Å². The van der Waals surface area contributed by atoms with Crippen LogP contribution in [-0.2, 0) is 30.6 Å². The normalized spacial score (nSPS) is 12.1. The first kappa shape index (κ1) is 23.4. The van der Waals surface area contributed by atoms with Gasteiger partial charge >= 0.3 is 12.1 Å². The molecule has 0 radical (unpaired) electrons. The van der Waals surface area contributed by atoms with Gasteiger partial charge in [0.25, 0.3) is 0 Å². The molecule has 0 saturated heterocycles. The summed E-state index contributed by atoms with van der Waals surface area (Å²) in [5.74, 6) is 0.334. The van der Waals surface area contributed by atoms with Gasteiger partial charge < -0.3 is 19.4 Å². The number of aliphatic hydroxyl groups is 1. The van der Waals surface area contributed by atoms with Gasteiger partial charge in [-0.3, -0.25) is 4.79 Å². The molecule has 0 spiro atoms. The molecule has 0 fully saturated rings. The number of hydrogen-bond donors (Lipinski definition) is 2. The minimum atomic E-state index is -4.42. The van der Waals surface area contributed by atoms with Crippen LogP contribution in [0, 0.1) is 5.41 Å². The Labute approximate surface area is 183 Å². The van der Waals surface area contributed by atoms with E-state index in [2.05, 4.69) is 0 Å². The molecule has 0 aliphatic rings. The maximum atomic E-state index is 12.7. The highest BCUT2D eigenvalue weighted by molar-refractivity contribution is 5.74. The van der Waals surface area contributed by atoms with Crippen molar-refractivity contribution in [3.05, 3.63) is 77.0 Å². The van der Waals surface area contributed by atoms with Crippen molar-refractivity contribution in [2.45, 2.75) is 39.7 Å². The predicted molar refractivity (Wildman–Crippen MR) is 111 cm³/mol. The van der Waals surface area contributed by atoms with E-state index >= 15 is 0 Å². The van der Waals surface area contributed by atoms with E-state index in [0.717, 1.165) is 17.7 Å². The summed E-state index contributed by atoms with van der Waals surface area (Å²) < 4.78 is 49.7. The lowest BCUT2D eigenvalue weighted by molar-refractivity contribution is -0.146. The number of hydrogen-bond acceptors (Lipinski definition) is 4. The van der Waals surface area contributed by atoms with Gasteiger partial charge in [0.15, 0.2) is 0 Å². The summed E-state index contributed by atoms with van der Waals surface area (Å²) in [6.07, 6.45) is -4.05. The molecule has 170 valence electrons. The first-order chi connectivity index (χ1) is 15.0. The highest BCUT2D eigenvalue weighted by Gasteiger charge is 2.30. The third-order valence-corrected chi connectivity index (χ3v) is 5.08. The molecule has 8 heteroatoms.